The summed E-state index contributed by atoms with van der Waals surface area (Å²) in [5.74, 6) is 1.48. The molecule has 2 heterocycles. The van der Waals surface area contributed by atoms with Gasteiger partial charge in [-0.05, 0) is 40.9 Å². The summed E-state index contributed by atoms with van der Waals surface area (Å²) in [4.78, 5) is 4.33. The molecule has 0 unspecified atom stereocenters. The average molecular weight is 323 g/mol. The minimum atomic E-state index is 0.566. The highest BCUT2D eigenvalue weighted by molar-refractivity contribution is 9.10. The van der Waals surface area contributed by atoms with Gasteiger partial charge in [0.05, 0.1) is 5.69 Å². The van der Waals surface area contributed by atoms with Crippen molar-refractivity contribution in [3.8, 4) is 11.4 Å². The number of hydrogen-bond acceptors (Lipinski definition) is 3. The average Bonchev–Trinajstić information content (AvgIpc) is 2.77. The van der Waals surface area contributed by atoms with Crippen LogP contribution in [0.15, 0.2) is 46.0 Å². The number of rotatable bonds is 3. The van der Waals surface area contributed by atoms with Crippen LogP contribution in [-0.4, -0.2) is 10.1 Å². The molecule has 0 aliphatic heterocycles. The lowest BCUT2D eigenvalue weighted by Crippen LogP contribution is -1.91. The summed E-state index contributed by atoms with van der Waals surface area (Å²) in [5.41, 5.74) is 1.62. The molecule has 19 heavy (non-hydrogen) atoms. The van der Waals surface area contributed by atoms with Gasteiger partial charge in [-0.1, -0.05) is 31.1 Å². The van der Waals surface area contributed by atoms with Gasteiger partial charge in [-0.15, -0.1) is 6.58 Å². The fourth-order valence-electron chi connectivity index (χ4n) is 1.48. The predicted molar refractivity (Wildman–Crippen MR) is 81.8 cm³/mol. The lowest BCUT2D eigenvalue weighted by Gasteiger charge is -1.97. The Bertz CT molecular complexity index is 520. The predicted octanol–water partition coefficient (Wildman–Crippen LogP) is 4.89. The van der Waals surface area contributed by atoms with Crippen molar-refractivity contribution >= 4 is 15.9 Å². The molecule has 0 amide bonds. The van der Waals surface area contributed by atoms with Crippen LogP contribution >= 0.6 is 15.9 Å². The van der Waals surface area contributed by atoms with Crippen molar-refractivity contribution in [2.45, 2.75) is 27.2 Å². The summed E-state index contributed by atoms with van der Waals surface area (Å²) in [6.45, 7) is 9.55. The van der Waals surface area contributed by atoms with E-state index in [2.05, 4.69) is 46.5 Å². The van der Waals surface area contributed by atoms with Crippen molar-refractivity contribution in [3.05, 3.63) is 47.3 Å². The molecule has 2 aromatic rings. The lowest BCUT2D eigenvalue weighted by molar-refractivity contribution is 0.370. The third-order valence-corrected chi connectivity index (χ3v) is 2.59. The van der Waals surface area contributed by atoms with Crippen LogP contribution in [0.3, 0.4) is 0 Å². The Morgan fingerprint density at radius 1 is 1.37 bits per heavy atom. The highest BCUT2D eigenvalue weighted by Gasteiger charge is 2.09. The van der Waals surface area contributed by atoms with Gasteiger partial charge in [0.1, 0.15) is 16.1 Å². The van der Waals surface area contributed by atoms with Gasteiger partial charge in [-0.2, -0.15) is 0 Å². The minimum Gasteiger partial charge on any atom is -0.361 e. The molecular weight excluding hydrogens is 304 g/mol. The maximum Gasteiger partial charge on any atom is 0.137 e. The van der Waals surface area contributed by atoms with Gasteiger partial charge in [0.15, 0.2) is 0 Å². The van der Waals surface area contributed by atoms with Gasteiger partial charge >= 0.3 is 0 Å². The molecule has 0 radical (unpaired) electrons. The van der Waals surface area contributed by atoms with Crippen LogP contribution in [0.25, 0.3) is 11.4 Å². The van der Waals surface area contributed by atoms with Crippen LogP contribution in [0.4, 0.5) is 0 Å². The second kappa shape index (κ2) is 7.89. The van der Waals surface area contributed by atoms with Crippen molar-refractivity contribution in [2.75, 3.05) is 0 Å². The van der Waals surface area contributed by atoms with Gasteiger partial charge in [0.25, 0.3) is 0 Å². The van der Waals surface area contributed by atoms with Crippen LogP contribution in [0.5, 0.6) is 0 Å². The maximum atomic E-state index is 5.26. The minimum absolute atomic E-state index is 0.566. The van der Waals surface area contributed by atoms with Crippen LogP contribution in [-0.2, 0) is 6.42 Å². The molecule has 3 nitrogen and oxygen atoms in total. The van der Waals surface area contributed by atoms with Crippen molar-refractivity contribution < 1.29 is 4.52 Å². The lowest BCUT2D eigenvalue weighted by atomic mass is 10.1. The molecule has 0 saturated carbocycles. The number of nitrogens with zero attached hydrogens (tertiary/aromatic N) is 2. The van der Waals surface area contributed by atoms with E-state index in [0.29, 0.717) is 5.92 Å². The first-order valence-corrected chi connectivity index (χ1v) is 7.01. The normalized spacial score (nSPS) is 9.95. The Balaban J connectivity index is 0.000000550. The maximum absolute atomic E-state index is 5.26. The number of pyridine rings is 1. The van der Waals surface area contributed by atoms with Crippen LogP contribution < -0.4 is 0 Å². The molecule has 0 aliphatic rings. The van der Waals surface area contributed by atoms with Gasteiger partial charge in [-0.25, -0.2) is 4.98 Å². The number of allylic oxidation sites excluding steroid dienone is 1. The fourth-order valence-corrected chi connectivity index (χ4v) is 1.83. The molecule has 0 spiro atoms. The molecule has 0 N–H and O–H groups in total. The first-order valence-electron chi connectivity index (χ1n) is 6.22. The zero-order valence-corrected chi connectivity index (χ0v) is 13.1. The third-order valence-electron chi connectivity index (χ3n) is 2.15. The molecule has 0 aliphatic carbocycles. The highest BCUT2D eigenvalue weighted by atomic mass is 79.9. The Kier molecular flexibility index (Phi) is 6.50. The Morgan fingerprint density at radius 2 is 2.05 bits per heavy atom. The van der Waals surface area contributed by atoms with E-state index in [-0.39, 0.29) is 0 Å². The highest BCUT2D eigenvalue weighted by Crippen LogP contribution is 2.20. The SMILES string of the molecule is C=CC.CC(C)Cc1cc(-c2cccc(Br)n2)no1. The Labute approximate surface area is 122 Å². The first-order chi connectivity index (χ1) is 9.06. The molecule has 102 valence electrons. The van der Waals surface area contributed by atoms with E-state index < -0.39 is 0 Å². The summed E-state index contributed by atoms with van der Waals surface area (Å²) >= 11 is 3.34. The van der Waals surface area contributed by atoms with E-state index in [1.165, 1.54) is 0 Å². The molecule has 2 rings (SSSR count). The summed E-state index contributed by atoms with van der Waals surface area (Å²) < 4.78 is 6.07. The monoisotopic (exact) mass is 322 g/mol. The largest absolute Gasteiger partial charge is 0.361 e. The second-order valence-electron chi connectivity index (χ2n) is 4.53. The molecule has 0 aromatic carbocycles. The van der Waals surface area contributed by atoms with Gasteiger partial charge in [-0.3, -0.25) is 0 Å². The van der Waals surface area contributed by atoms with Crippen LogP contribution in [0.1, 0.15) is 26.5 Å². The van der Waals surface area contributed by atoms with E-state index in [1.807, 2.05) is 31.2 Å². The molecule has 2 aromatic heterocycles. The van der Waals surface area contributed by atoms with E-state index in [9.17, 15) is 0 Å². The van der Waals surface area contributed by atoms with Crippen molar-refractivity contribution in [3.63, 3.8) is 0 Å². The van der Waals surface area contributed by atoms with Crippen molar-refractivity contribution in [1.29, 1.82) is 0 Å². The first kappa shape index (κ1) is 15.6. The van der Waals surface area contributed by atoms with E-state index in [4.69, 9.17) is 4.52 Å². The molecule has 0 fully saturated rings. The summed E-state index contributed by atoms with van der Waals surface area (Å²) in [6.07, 6.45) is 2.65. The zero-order chi connectivity index (χ0) is 14.3. The fraction of sp³-hybridized carbons (Fsp3) is 0.333. The molecule has 0 atom stereocenters. The Hall–Kier alpha value is -1.42. The summed E-state index contributed by atoms with van der Waals surface area (Å²) in [5, 5.41) is 4.02. The van der Waals surface area contributed by atoms with Crippen molar-refractivity contribution in [1.82, 2.24) is 10.1 Å². The number of halogens is 1. The molecule has 0 bridgehead atoms. The second-order valence-corrected chi connectivity index (χ2v) is 5.34. The topological polar surface area (TPSA) is 38.9 Å². The van der Waals surface area contributed by atoms with E-state index >= 15 is 0 Å². The summed E-state index contributed by atoms with van der Waals surface area (Å²) in [7, 11) is 0. The van der Waals surface area contributed by atoms with Crippen molar-refractivity contribution in [2.24, 2.45) is 5.92 Å². The standard InChI is InChI=1S/C12H13BrN2O.C3H6/c1-8(2)6-9-7-11(15-16-9)10-4-3-5-12(13)14-10;1-3-2/h3-5,7-8H,6H2,1-2H3;3H,1H2,2H3. The van der Waals surface area contributed by atoms with Crippen LogP contribution in [0.2, 0.25) is 0 Å². The Morgan fingerprint density at radius 3 is 2.63 bits per heavy atom. The van der Waals surface area contributed by atoms with E-state index in [1.54, 1.807) is 6.08 Å². The summed E-state index contributed by atoms with van der Waals surface area (Å²) in [6, 6.07) is 7.69. The zero-order valence-electron chi connectivity index (χ0n) is 11.6. The molecule has 4 heteroatoms. The number of hydrogen-bond donors (Lipinski definition) is 0. The molecule has 0 saturated heterocycles. The number of aromatic nitrogens is 2. The smallest absolute Gasteiger partial charge is 0.137 e. The van der Waals surface area contributed by atoms with Gasteiger partial charge < -0.3 is 4.52 Å². The van der Waals surface area contributed by atoms with Gasteiger partial charge in [0, 0.05) is 12.5 Å². The van der Waals surface area contributed by atoms with Crippen LogP contribution in [0, 0.1) is 5.92 Å². The third kappa shape index (κ3) is 5.39. The quantitative estimate of drug-likeness (QED) is 0.596. The van der Waals surface area contributed by atoms with Gasteiger partial charge in [0.2, 0.25) is 0 Å². The molecular formula is C15H19BrN2O. The van der Waals surface area contributed by atoms with E-state index in [0.717, 1.165) is 28.2 Å².